The van der Waals surface area contributed by atoms with Gasteiger partial charge >= 0.3 is 16.4 Å². The van der Waals surface area contributed by atoms with Crippen LogP contribution in [0.15, 0.2) is 29.2 Å². The van der Waals surface area contributed by atoms with E-state index in [1.54, 1.807) is 0 Å². The van der Waals surface area contributed by atoms with Crippen LogP contribution in [-0.2, 0) is 6.18 Å². The van der Waals surface area contributed by atoms with Crippen molar-refractivity contribution >= 4 is 32.7 Å². The summed E-state index contributed by atoms with van der Waals surface area (Å²) >= 11 is 5.44. The summed E-state index contributed by atoms with van der Waals surface area (Å²) in [5.41, 5.74) is -2.00. The van der Waals surface area contributed by atoms with Crippen LogP contribution in [0.4, 0.5) is 32.6 Å². The summed E-state index contributed by atoms with van der Waals surface area (Å²) < 4.78 is 101. The van der Waals surface area contributed by atoms with Crippen molar-refractivity contribution < 1.29 is 32.6 Å². The number of fused-ring (bicyclic) bond motifs is 1. The summed E-state index contributed by atoms with van der Waals surface area (Å²) in [5, 5.41) is -1.40. The molecule has 2 rings (SSSR count). The molecule has 0 atom stereocenters. The van der Waals surface area contributed by atoms with E-state index in [1.165, 1.54) is 0 Å². The van der Waals surface area contributed by atoms with Gasteiger partial charge in [-0.15, -0.1) is 0 Å². The monoisotopic (exact) mass is 357 g/mol. The summed E-state index contributed by atoms with van der Waals surface area (Å²) in [5.74, 6) is 0. The van der Waals surface area contributed by atoms with Crippen molar-refractivity contribution in [3.63, 3.8) is 0 Å². The maximum atomic E-state index is 12.6. The number of pyridine rings is 1. The van der Waals surface area contributed by atoms with Gasteiger partial charge in [0.15, 0.2) is 0 Å². The molecule has 0 aliphatic heterocycles. The van der Waals surface area contributed by atoms with Crippen LogP contribution >= 0.6 is 21.8 Å². The predicted molar refractivity (Wildman–Crippen MR) is 63.2 cm³/mol. The summed E-state index contributed by atoms with van der Waals surface area (Å²) in [6.07, 6.45) is -4.86. The lowest BCUT2D eigenvalue weighted by atomic mass is 10.2. The first kappa shape index (κ1) is 16.1. The molecule has 0 N–H and O–H groups in total. The summed E-state index contributed by atoms with van der Waals surface area (Å²) in [7, 11) is -9.94. The topological polar surface area (TPSA) is 12.9 Å². The Morgan fingerprint density at radius 3 is 2.00 bits per heavy atom. The molecule has 21 heavy (non-hydrogen) atoms. The zero-order valence-electron chi connectivity index (χ0n) is 9.57. The van der Waals surface area contributed by atoms with Crippen molar-refractivity contribution in [1.29, 1.82) is 0 Å². The number of nitrogens with zero attached hydrogens (tertiary/aromatic N) is 1. The number of benzene rings is 1. The van der Waals surface area contributed by atoms with Gasteiger partial charge < -0.3 is 0 Å². The first-order valence-corrected chi connectivity index (χ1v) is 7.32. The quantitative estimate of drug-likeness (QED) is 0.526. The van der Waals surface area contributed by atoms with Gasteiger partial charge in [-0.05, 0) is 24.3 Å². The molecule has 118 valence electrons. The fourth-order valence-electron chi connectivity index (χ4n) is 1.55. The molecular weight excluding hydrogens is 354 g/mol. The van der Waals surface area contributed by atoms with E-state index in [2.05, 4.69) is 4.98 Å². The fraction of sp³-hybridized carbons (Fsp3) is 0.100. The highest BCUT2D eigenvalue weighted by Crippen LogP contribution is 3.02. The minimum absolute atomic E-state index is 0.00756. The SMILES string of the molecule is FC(F)(F)c1cc(Cl)c2cc(S(F)(F)(F)(F)F)ccc2n1. The molecule has 0 radical (unpaired) electrons. The van der Waals surface area contributed by atoms with E-state index < -0.39 is 42.9 Å². The Balaban J connectivity index is 2.76. The zero-order valence-corrected chi connectivity index (χ0v) is 11.1. The Hall–Kier alpha value is -1.29. The highest BCUT2D eigenvalue weighted by Gasteiger charge is 2.65. The number of rotatable bonds is 1. The molecule has 0 spiro atoms. The normalized spacial score (nSPS) is 16.6. The van der Waals surface area contributed by atoms with Gasteiger partial charge in [0.2, 0.25) is 0 Å². The van der Waals surface area contributed by atoms with Crippen LogP contribution in [0.1, 0.15) is 5.69 Å². The second kappa shape index (κ2) is 3.72. The number of hydrogen-bond acceptors (Lipinski definition) is 1. The number of alkyl halides is 3. The smallest absolute Gasteiger partial charge is 0.243 e. The van der Waals surface area contributed by atoms with E-state index in [0.29, 0.717) is 6.07 Å². The molecule has 0 aliphatic carbocycles. The van der Waals surface area contributed by atoms with Crippen molar-refractivity contribution in [1.82, 2.24) is 4.98 Å². The Kier molecular flexibility index (Phi) is 2.85. The van der Waals surface area contributed by atoms with Crippen LogP contribution in [0.25, 0.3) is 10.9 Å². The van der Waals surface area contributed by atoms with Crippen LogP contribution in [0.2, 0.25) is 5.02 Å². The van der Waals surface area contributed by atoms with Gasteiger partial charge in [-0.3, -0.25) is 0 Å². The summed E-state index contributed by atoms with van der Waals surface area (Å²) in [6.45, 7) is 0. The van der Waals surface area contributed by atoms with Crippen LogP contribution < -0.4 is 0 Å². The minimum Gasteiger partial charge on any atom is -0.243 e. The van der Waals surface area contributed by atoms with Crippen LogP contribution in [-0.4, -0.2) is 4.98 Å². The molecule has 0 unspecified atom stereocenters. The van der Waals surface area contributed by atoms with Crippen molar-refractivity contribution in [2.45, 2.75) is 11.1 Å². The summed E-state index contributed by atoms with van der Waals surface area (Å²) in [4.78, 5) is 0.823. The van der Waals surface area contributed by atoms with Gasteiger partial charge in [0.1, 0.15) is 10.6 Å². The molecule has 0 amide bonds. The van der Waals surface area contributed by atoms with Crippen molar-refractivity contribution in [2.75, 3.05) is 0 Å². The molecule has 2 aromatic rings. The van der Waals surface area contributed by atoms with Crippen molar-refractivity contribution in [3.05, 3.63) is 35.0 Å². The van der Waals surface area contributed by atoms with E-state index >= 15 is 0 Å². The predicted octanol–water partition coefficient (Wildman–Crippen LogP) is 6.56. The van der Waals surface area contributed by atoms with Gasteiger partial charge in [0.05, 0.1) is 10.5 Å². The number of hydrogen-bond donors (Lipinski definition) is 0. The Labute approximate surface area is 117 Å². The third-order valence-corrected chi connectivity index (χ3v) is 3.92. The highest BCUT2D eigenvalue weighted by atomic mass is 35.5. The molecule has 0 saturated carbocycles. The van der Waals surface area contributed by atoms with Crippen LogP contribution in [0.5, 0.6) is 0 Å². The summed E-state index contributed by atoms with van der Waals surface area (Å²) in [6, 6.07) is 0.669. The van der Waals surface area contributed by atoms with Crippen molar-refractivity contribution in [2.24, 2.45) is 0 Å². The average Bonchev–Trinajstić information content (AvgIpc) is 2.24. The van der Waals surface area contributed by atoms with E-state index in [4.69, 9.17) is 11.6 Å². The fourth-order valence-corrected chi connectivity index (χ4v) is 2.47. The lowest BCUT2D eigenvalue weighted by Crippen LogP contribution is -2.09. The molecule has 11 heteroatoms. The highest BCUT2D eigenvalue weighted by molar-refractivity contribution is 8.45. The first-order valence-electron chi connectivity index (χ1n) is 4.99. The maximum absolute atomic E-state index is 12.6. The molecule has 0 bridgehead atoms. The third kappa shape index (κ3) is 3.31. The first-order chi connectivity index (χ1) is 9.08. The molecule has 1 heterocycles. The number of halogens is 9. The maximum Gasteiger partial charge on any atom is 0.433 e. The molecule has 1 nitrogen and oxygen atoms in total. The van der Waals surface area contributed by atoms with E-state index in [-0.39, 0.29) is 18.2 Å². The lowest BCUT2D eigenvalue weighted by Gasteiger charge is -2.40. The molecule has 1 aromatic carbocycles. The van der Waals surface area contributed by atoms with E-state index in [1.807, 2.05) is 0 Å². The van der Waals surface area contributed by atoms with Crippen molar-refractivity contribution in [3.8, 4) is 0 Å². The Morgan fingerprint density at radius 1 is 0.952 bits per heavy atom. The second-order valence-corrected chi connectivity index (χ2v) is 6.95. The minimum atomic E-state index is -9.94. The van der Waals surface area contributed by atoms with E-state index in [9.17, 15) is 32.6 Å². The molecule has 0 aliphatic rings. The Morgan fingerprint density at radius 2 is 1.52 bits per heavy atom. The van der Waals surface area contributed by atoms with Gasteiger partial charge in [-0.25, -0.2) is 4.98 Å². The second-order valence-electron chi connectivity index (χ2n) is 4.14. The van der Waals surface area contributed by atoms with Gasteiger partial charge in [-0.1, -0.05) is 31.0 Å². The largest absolute Gasteiger partial charge is 0.433 e. The molecule has 1 aromatic heterocycles. The molecule has 0 saturated heterocycles. The van der Waals surface area contributed by atoms with Gasteiger partial charge in [0, 0.05) is 5.39 Å². The van der Waals surface area contributed by atoms with E-state index in [0.717, 1.165) is 0 Å². The average molecular weight is 358 g/mol. The Bertz CT molecular complexity index is 737. The molecular formula is C10H4ClF8NS. The van der Waals surface area contributed by atoms with Crippen LogP contribution in [0, 0.1) is 0 Å². The third-order valence-electron chi connectivity index (χ3n) is 2.47. The number of aromatic nitrogens is 1. The standard InChI is InChI=1S/C10H4ClF8NS/c11-7-4-9(10(12,13)14)20-8-2-1-5(3-6(7)8)21(15,16,17,18)19/h1-4H. The van der Waals surface area contributed by atoms with Gasteiger partial charge in [0.25, 0.3) is 0 Å². The lowest BCUT2D eigenvalue weighted by molar-refractivity contribution is -0.140. The molecule has 0 fully saturated rings. The zero-order chi connectivity index (χ0) is 16.3. The van der Waals surface area contributed by atoms with Crippen LogP contribution in [0.3, 0.4) is 0 Å². The van der Waals surface area contributed by atoms with Gasteiger partial charge in [-0.2, -0.15) is 13.2 Å².